The molecular weight excluding hydrogens is 354 g/mol. The molecule has 108 valence electrons. The van der Waals surface area contributed by atoms with Gasteiger partial charge in [-0.05, 0) is 77.6 Å². The van der Waals surface area contributed by atoms with Gasteiger partial charge in [0.1, 0.15) is 0 Å². The van der Waals surface area contributed by atoms with E-state index in [1.54, 1.807) is 11.3 Å². The van der Waals surface area contributed by atoms with Gasteiger partial charge in [-0.1, -0.05) is 24.6 Å². The molecule has 2 aromatic rings. The fourth-order valence-electron chi connectivity index (χ4n) is 2.20. The first-order valence-corrected chi connectivity index (χ1v) is 8.77. The topological polar surface area (TPSA) is 12.0 Å². The molecule has 0 aliphatic heterocycles. The minimum absolute atomic E-state index is 0.212. The fraction of sp³-hybridized carbons (Fsp3) is 0.375. The van der Waals surface area contributed by atoms with E-state index in [2.05, 4.69) is 60.2 Å². The summed E-state index contributed by atoms with van der Waals surface area (Å²) in [5.74, 6) is 0. The van der Waals surface area contributed by atoms with Crippen LogP contribution < -0.4 is 5.32 Å². The van der Waals surface area contributed by atoms with E-state index in [4.69, 9.17) is 11.6 Å². The van der Waals surface area contributed by atoms with Gasteiger partial charge < -0.3 is 5.32 Å². The summed E-state index contributed by atoms with van der Waals surface area (Å²) in [6.45, 7) is 7.45. The molecule has 1 unspecified atom stereocenters. The molecule has 2 rings (SSSR count). The van der Waals surface area contributed by atoms with Crippen molar-refractivity contribution in [3.8, 4) is 0 Å². The smallest absolute Gasteiger partial charge is 0.0731 e. The van der Waals surface area contributed by atoms with Crippen LogP contribution in [0, 0.1) is 13.8 Å². The largest absolute Gasteiger partial charge is 0.306 e. The third-order valence-corrected chi connectivity index (χ3v) is 5.75. The SMILES string of the molecule is CCCNC(c1cc(C)c(Br)s1)c1cc(Cl)ccc1C. The summed E-state index contributed by atoms with van der Waals surface area (Å²) < 4.78 is 1.20. The monoisotopic (exact) mass is 371 g/mol. The van der Waals surface area contributed by atoms with Gasteiger partial charge in [-0.15, -0.1) is 11.3 Å². The van der Waals surface area contributed by atoms with Crippen molar-refractivity contribution in [2.24, 2.45) is 0 Å². The molecule has 1 aromatic heterocycles. The highest BCUT2D eigenvalue weighted by molar-refractivity contribution is 9.11. The molecule has 0 saturated carbocycles. The minimum Gasteiger partial charge on any atom is -0.306 e. The van der Waals surface area contributed by atoms with Gasteiger partial charge in [-0.2, -0.15) is 0 Å². The zero-order valence-electron chi connectivity index (χ0n) is 12.0. The van der Waals surface area contributed by atoms with E-state index in [1.807, 2.05) is 6.07 Å². The van der Waals surface area contributed by atoms with Crippen molar-refractivity contribution < 1.29 is 0 Å². The maximum atomic E-state index is 6.19. The zero-order chi connectivity index (χ0) is 14.7. The molecule has 1 aromatic carbocycles. The fourth-order valence-corrected chi connectivity index (χ4v) is 4.05. The van der Waals surface area contributed by atoms with Gasteiger partial charge in [-0.25, -0.2) is 0 Å². The summed E-state index contributed by atoms with van der Waals surface area (Å²) in [5.41, 5.74) is 3.82. The summed E-state index contributed by atoms with van der Waals surface area (Å²) in [4.78, 5) is 1.33. The van der Waals surface area contributed by atoms with Crippen molar-refractivity contribution in [2.45, 2.75) is 33.2 Å². The van der Waals surface area contributed by atoms with Gasteiger partial charge >= 0.3 is 0 Å². The molecule has 1 nitrogen and oxygen atoms in total. The average molecular weight is 373 g/mol. The first-order chi connectivity index (χ1) is 9.52. The van der Waals surface area contributed by atoms with Crippen molar-refractivity contribution in [3.63, 3.8) is 0 Å². The Morgan fingerprint density at radius 1 is 1.25 bits per heavy atom. The molecule has 0 amide bonds. The normalized spacial score (nSPS) is 12.7. The zero-order valence-corrected chi connectivity index (χ0v) is 15.1. The molecule has 0 fully saturated rings. The van der Waals surface area contributed by atoms with Crippen LogP contribution in [0.3, 0.4) is 0 Å². The maximum Gasteiger partial charge on any atom is 0.0731 e. The van der Waals surface area contributed by atoms with E-state index >= 15 is 0 Å². The highest BCUT2D eigenvalue weighted by atomic mass is 79.9. The van der Waals surface area contributed by atoms with Crippen LogP contribution >= 0.6 is 38.9 Å². The lowest BCUT2D eigenvalue weighted by Crippen LogP contribution is -2.23. The molecule has 20 heavy (non-hydrogen) atoms. The molecule has 4 heteroatoms. The van der Waals surface area contributed by atoms with Crippen LogP contribution in [-0.4, -0.2) is 6.54 Å². The quantitative estimate of drug-likeness (QED) is 0.692. The van der Waals surface area contributed by atoms with Crippen molar-refractivity contribution in [3.05, 3.63) is 54.6 Å². The second-order valence-corrected chi connectivity index (χ2v) is 7.83. The summed E-state index contributed by atoms with van der Waals surface area (Å²) in [7, 11) is 0. The van der Waals surface area contributed by atoms with E-state index in [0.717, 1.165) is 18.0 Å². The highest BCUT2D eigenvalue weighted by Gasteiger charge is 2.19. The van der Waals surface area contributed by atoms with Crippen LogP contribution in [0.4, 0.5) is 0 Å². The highest BCUT2D eigenvalue weighted by Crippen LogP contribution is 2.36. The van der Waals surface area contributed by atoms with Crippen LogP contribution in [0.15, 0.2) is 28.1 Å². The predicted octanol–water partition coefficient (Wildman–Crippen LogP) is 5.87. The van der Waals surface area contributed by atoms with Gasteiger partial charge in [0.05, 0.1) is 9.83 Å². The first-order valence-electron chi connectivity index (χ1n) is 6.78. The molecule has 0 radical (unpaired) electrons. The van der Waals surface area contributed by atoms with E-state index in [0.29, 0.717) is 0 Å². The van der Waals surface area contributed by atoms with Crippen LogP contribution in [-0.2, 0) is 0 Å². The van der Waals surface area contributed by atoms with Crippen LogP contribution in [0.1, 0.15) is 41.0 Å². The molecule has 1 heterocycles. The van der Waals surface area contributed by atoms with Gasteiger partial charge in [0.2, 0.25) is 0 Å². The number of halogens is 2. The maximum absolute atomic E-state index is 6.19. The Morgan fingerprint density at radius 3 is 2.60 bits per heavy atom. The lowest BCUT2D eigenvalue weighted by Gasteiger charge is -2.20. The van der Waals surface area contributed by atoms with Gasteiger partial charge in [-0.3, -0.25) is 0 Å². The van der Waals surface area contributed by atoms with Crippen molar-refractivity contribution in [2.75, 3.05) is 6.54 Å². The Hall–Kier alpha value is -0.350. The van der Waals surface area contributed by atoms with Gasteiger partial charge in [0.15, 0.2) is 0 Å². The molecule has 0 spiro atoms. The minimum atomic E-state index is 0.212. The lowest BCUT2D eigenvalue weighted by atomic mass is 9.99. The van der Waals surface area contributed by atoms with Gasteiger partial charge in [0.25, 0.3) is 0 Å². The second-order valence-electron chi connectivity index (χ2n) is 4.99. The molecule has 0 aliphatic carbocycles. The van der Waals surface area contributed by atoms with Crippen molar-refractivity contribution in [1.29, 1.82) is 0 Å². The first kappa shape index (κ1) is 16.0. The number of hydrogen-bond donors (Lipinski definition) is 1. The molecule has 1 N–H and O–H groups in total. The third kappa shape index (κ3) is 3.64. The van der Waals surface area contributed by atoms with E-state index < -0.39 is 0 Å². The number of hydrogen-bond acceptors (Lipinski definition) is 2. The van der Waals surface area contributed by atoms with E-state index in [1.165, 1.54) is 25.4 Å². The van der Waals surface area contributed by atoms with E-state index in [-0.39, 0.29) is 6.04 Å². The van der Waals surface area contributed by atoms with Crippen LogP contribution in [0.5, 0.6) is 0 Å². The number of aryl methyl sites for hydroxylation is 2. The molecule has 0 bridgehead atoms. The average Bonchev–Trinajstić information content (AvgIpc) is 2.74. The molecule has 1 atom stereocenters. The second kappa shape index (κ2) is 7.08. The lowest BCUT2D eigenvalue weighted by molar-refractivity contribution is 0.603. The van der Waals surface area contributed by atoms with Crippen molar-refractivity contribution in [1.82, 2.24) is 5.32 Å². The van der Waals surface area contributed by atoms with E-state index in [9.17, 15) is 0 Å². The Balaban J connectivity index is 2.43. The predicted molar refractivity (Wildman–Crippen MR) is 93.1 cm³/mol. The summed E-state index contributed by atoms with van der Waals surface area (Å²) in [5, 5.41) is 4.43. The Labute approximate surface area is 138 Å². The van der Waals surface area contributed by atoms with Crippen LogP contribution in [0.2, 0.25) is 5.02 Å². The number of benzene rings is 1. The number of thiophene rings is 1. The molecule has 0 aliphatic rings. The standard InChI is InChI=1S/C16H19BrClNS/c1-4-7-19-15(14-8-11(3)16(17)20-14)13-9-12(18)6-5-10(13)2/h5-6,8-9,15,19H,4,7H2,1-3H3. The van der Waals surface area contributed by atoms with Crippen LogP contribution in [0.25, 0.3) is 0 Å². The number of rotatable bonds is 5. The molecule has 0 saturated heterocycles. The van der Waals surface area contributed by atoms with Crippen molar-refractivity contribution >= 4 is 38.9 Å². The van der Waals surface area contributed by atoms with Gasteiger partial charge in [0, 0.05) is 9.90 Å². The number of nitrogens with one attached hydrogen (secondary N) is 1. The Kier molecular flexibility index (Phi) is 5.67. The Morgan fingerprint density at radius 2 is 2.00 bits per heavy atom. The summed E-state index contributed by atoms with van der Waals surface area (Å²) in [6, 6.07) is 8.58. The summed E-state index contributed by atoms with van der Waals surface area (Å²) in [6.07, 6.45) is 1.11. The molecular formula is C16H19BrClNS. The summed E-state index contributed by atoms with van der Waals surface area (Å²) >= 11 is 11.6. The third-order valence-electron chi connectivity index (χ3n) is 3.31. The Bertz CT molecular complexity index is 575.